The molecule has 1 rings (SSSR count). The SMILES string of the molecule is C=C(C)CCC(NN)c1ccnn1C. The molecule has 0 saturated carbocycles. The van der Waals surface area contributed by atoms with Gasteiger partial charge in [-0.25, -0.2) is 0 Å². The van der Waals surface area contributed by atoms with Gasteiger partial charge in [0.15, 0.2) is 0 Å². The molecule has 0 saturated heterocycles. The number of nitrogens with one attached hydrogen (secondary N) is 1. The van der Waals surface area contributed by atoms with Crippen LogP contribution in [0.5, 0.6) is 0 Å². The lowest BCUT2D eigenvalue weighted by molar-refractivity contribution is 0.480. The van der Waals surface area contributed by atoms with Gasteiger partial charge >= 0.3 is 0 Å². The summed E-state index contributed by atoms with van der Waals surface area (Å²) in [6, 6.07) is 2.13. The fraction of sp³-hybridized carbons (Fsp3) is 0.500. The van der Waals surface area contributed by atoms with Gasteiger partial charge in [-0.05, 0) is 25.8 Å². The molecule has 0 radical (unpaired) electrons. The minimum Gasteiger partial charge on any atom is -0.271 e. The van der Waals surface area contributed by atoms with Gasteiger partial charge in [-0.2, -0.15) is 5.10 Å². The summed E-state index contributed by atoms with van der Waals surface area (Å²) in [4.78, 5) is 0. The van der Waals surface area contributed by atoms with Crippen molar-refractivity contribution in [2.75, 3.05) is 0 Å². The van der Waals surface area contributed by atoms with Crippen molar-refractivity contribution in [3.05, 3.63) is 30.1 Å². The molecule has 3 N–H and O–H groups in total. The Morgan fingerprint density at radius 1 is 1.79 bits per heavy atom. The Morgan fingerprint density at radius 2 is 2.50 bits per heavy atom. The van der Waals surface area contributed by atoms with Crippen molar-refractivity contribution in [1.82, 2.24) is 15.2 Å². The van der Waals surface area contributed by atoms with Crippen LogP contribution in [0.15, 0.2) is 24.4 Å². The zero-order valence-corrected chi connectivity index (χ0v) is 8.83. The third kappa shape index (κ3) is 2.68. The molecule has 14 heavy (non-hydrogen) atoms. The average molecular weight is 194 g/mol. The number of aromatic nitrogens is 2. The molecule has 1 heterocycles. The van der Waals surface area contributed by atoms with Crippen LogP contribution in [0.25, 0.3) is 0 Å². The summed E-state index contributed by atoms with van der Waals surface area (Å²) in [7, 11) is 1.92. The Kier molecular flexibility index (Phi) is 3.85. The van der Waals surface area contributed by atoms with Crippen molar-refractivity contribution in [2.45, 2.75) is 25.8 Å². The molecule has 0 aromatic carbocycles. The first kappa shape index (κ1) is 10.9. The summed E-state index contributed by atoms with van der Waals surface area (Å²) in [6.45, 7) is 5.90. The van der Waals surface area contributed by atoms with Crippen LogP contribution in [-0.4, -0.2) is 9.78 Å². The van der Waals surface area contributed by atoms with E-state index >= 15 is 0 Å². The summed E-state index contributed by atoms with van der Waals surface area (Å²) >= 11 is 0. The normalized spacial score (nSPS) is 12.8. The molecular weight excluding hydrogens is 176 g/mol. The van der Waals surface area contributed by atoms with E-state index in [4.69, 9.17) is 5.84 Å². The maximum Gasteiger partial charge on any atom is 0.0632 e. The molecular formula is C10H18N4. The highest BCUT2D eigenvalue weighted by molar-refractivity contribution is 5.07. The molecule has 1 unspecified atom stereocenters. The molecule has 0 aliphatic heterocycles. The number of allylic oxidation sites excluding steroid dienone is 1. The van der Waals surface area contributed by atoms with Gasteiger partial charge in [-0.1, -0.05) is 5.57 Å². The van der Waals surface area contributed by atoms with Crippen molar-refractivity contribution >= 4 is 0 Å². The van der Waals surface area contributed by atoms with E-state index in [-0.39, 0.29) is 6.04 Å². The summed E-state index contributed by atoms with van der Waals surface area (Å²) in [5, 5.41) is 4.11. The zero-order valence-electron chi connectivity index (χ0n) is 8.83. The van der Waals surface area contributed by atoms with Crippen LogP contribution in [0, 0.1) is 0 Å². The lowest BCUT2D eigenvalue weighted by Crippen LogP contribution is -2.29. The van der Waals surface area contributed by atoms with E-state index < -0.39 is 0 Å². The molecule has 1 atom stereocenters. The number of nitrogens with two attached hydrogens (primary N) is 1. The summed E-state index contributed by atoms with van der Waals surface area (Å²) < 4.78 is 1.84. The zero-order chi connectivity index (χ0) is 10.6. The average Bonchev–Trinajstić information content (AvgIpc) is 2.53. The molecule has 4 heteroatoms. The quantitative estimate of drug-likeness (QED) is 0.422. The van der Waals surface area contributed by atoms with Gasteiger partial charge in [-0.15, -0.1) is 6.58 Å². The molecule has 0 aliphatic carbocycles. The highest BCUT2D eigenvalue weighted by Crippen LogP contribution is 2.18. The maximum atomic E-state index is 5.50. The second kappa shape index (κ2) is 4.93. The number of hydrogen-bond donors (Lipinski definition) is 2. The van der Waals surface area contributed by atoms with Gasteiger partial charge < -0.3 is 0 Å². The molecule has 0 aliphatic rings. The van der Waals surface area contributed by atoms with E-state index in [9.17, 15) is 0 Å². The molecule has 0 fully saturated rings. The first-order chi connectivity index (χ1) is 6.65. The number of rotatable bonds is 5. The van der Waals surface area contributed by atoms with Crippen LogP contribution in [0.1, 0.15) is 31.5 Å². The lowest BCUT2D eigenvalue weighted by Gasteiger charge is -2.15. The van der Waals surface area contributed by atoms with E-state index in [1.807, 2.05) is 24.7 Å². The lowest BCUT2D eigenvalue weighted by atomic mass is 10.1. The summed E-state index contributed by atoms with van der Waals surface area (Å²) in [5.74, 6) is 5.50. The first-order valence-corrected chi connectivity index (χ1v) is 4.73. The van der Waals surface area contributed by atoms with Crippen LogP contribution in [0.4, 0.5) is 0 Å². The number of aryl methyl sites for hydroxylation is 1. The van der Waals surface area contributed by atoms with Crippen molar-refractivity contribution in [3.8, 4) is 0 Å². The highest BCUT2D eigenvalue weighted by Gasteiger charge is 2.12. The first-order valence-electron chi connectivity index (χ1n) is 4.73. The van der Waals surface area contributed by atoms with Crippen molar-refractivity contribution in [3.63, 3.8) is 0 Å². The third-order valence-corrected chi connectivity index (χ3v) is 2.28. The van der Waals surface area contributed by atoms with E-state index in [0.29, 0.717) is 0 Å². The van der Waals surface area contributed by atoms with Gasteiger partial charge in [0.25, 0.3) is 0 Å². The number of hydrogen-bond acceptors (Lipinski definition) is 3. The van der Waals surface area contributed by atoms with Crippen LogP contribution >= 0.6 is 0 Å². The van der Waals surface area contributed by atoms with Gasteiger partial charge in [0, 0.05) is 13.2 Å². The number of hydrazine groups is 1. The molecule has 78 valence electrons. The third-order valence-electron chi connectivity index (χ3n) is 2.28. The minimum absolute atomic E-state index is 0.152. The smallest absolute Gasteiger partial charge is 0.0632 e. The largest absolute Gasteiger partial charge is 0.271 e. The highest BCUT2D eigenvalue weighted by atomic mass is 15.3. The van der Waals surface area contributed by atoms with E-state index in [1.165, 1.54) is 5.57 Å². The molecule has 0 spiro atoms. The van der Waals surface area contributed by atoms with Gasteiger partial charge in [0.05, 0.1) is 11.7 Å². The van der Waals surface area contributed by atoms with Crippen LogP contribution < -0.4 is 11.3 Å². The van der Waals surface area contributed by atoms with Crippen LogP contribution in [-0.2, 0) is 7.05 Å². The van der Waals surface area contributed by atoms with Crippen LogP contribution in [0.3, 0.4) is 0 Å². The summed E-state index contributed by atoms with van der Waals surface area (Å²) in [5.41, 5.74) is 5.08. The van der Waals surface area contributed by atoms with E-state index in [0.717, 1.165) is 18.5 Å². The van der Waals surface area contributed by atoms with Gasteiger partial charge in [0.2, 0.25) is 0 Å². The maximum absolute atomic E-state index is 5.50. The molecule has 0 amide bonds. The minimum atomic E-state index is 0.152. The Morgan fingerprint density at radius 3 is 2.93 bits per heavy atom. The van der Waals surface area contributed by atoms with Crippen molar-refractivity contribution < 1.29 is 0 Å². The fourth-order valence-electron chi connectivity index (χ4n) is 1.43. The van der Waals surface area contributed by atoms with Gasteiger partial charge in [0.1, 0.15) is 0 Å². The second-order valence-corrected chi connectivity index (χ2v) is 3.59. The topological polar surface area (TPSA) is 55.9 Å². The van der Waals surface area contributed by atoms with Gasteiger partial charge in [-0.3, -0.25) is 16.0 Å². The Hall–Kier alpha value is -1.13. The predicted octanol–water partition coefficient (Wildman–Crippen LogP) is 1.28. The molecule has 1 aromatic rings. The van der Waals surface area contributed by atoms with Crippen LogP contribution in [0.2, 0.25) is 0 Å². The Bertz CT molecular complexity index is 303. The Balaban J connectivity index is 2.63. The summed E-state index contributed by atoms with van der Waals surface area (Å²) in [6.07, 6.45) is 3.70. The number of nitrogens with zero attached hydrogens (tertiary/aromatic N) is 2. The van der Waals surface area contributed by atoms with Crippen molar-refractivity contribution in [2.24, 2.45) is 12.9 Å². The van der Waals surface area contributed by atoms with Crippen molar-refractivity contribution in [1.29, 1.82) is 0 Å². The molecule has 0 bridgehead atoms. The van der Waals surface area contributed by atoms with E-state index in [1.54, 1.807) is 6.20 Å². The van der Waals surface area contributed by atoms with E-state index in [2.05, 4.69) is 17.1 Å². The fourth-order valence-corrected chi connectivity index (χ4v) is 1.43. The monoisotopic (exact) mass is 194 g/mol. The Labute approximate surface area is 84.8 Å². The predicted molar refractivity (Wildman–Crippen MR) is 57.3 cm³/mol. The molecule has 4 nitrogen and oxygen atoms in total. The standard InChI is InChI=1S/C10H18N4/c1-8(2)4-5-9(13-11)10-6-7-12-14(10)3/h6-7,9,13H,1,4-5,11H2,2-3H3. The molecule has 1 aromatic heterocycles. The second-order valence-electron chi connectivity index (χ2n) is 3.59.